The number of amides is 2. The molecule has 0 bridgehead atoms. The molecule has 7 heteroatoms. The molecule has 136 valence electrons. The molecule has 1 aliphatic rings. The van der Waals surface area contributed by atoms with Gasteiger partial charge in [0, 0.05) is 5.56 Å². The van der Waals surface area contributed by atoms with Crippen LogP contribution in [0.15, 0.2) is 48.5 Å². The third kappa shape index (κ3) is 4.55. The molecule has 3 rings (SSSR count). The molecule has 0 unspecified atom stereocenters. The summed E-state index contributed by atoms with van der Waals surface area (Å²) in [6.07, 6.45) is 0. The van der Waals surface area contributed by atoms with Crippen LogP contribution in [0.2, 0.25) is 10.0 Å². The Morgan fingerprint density at radius 2 is 1.69 bits per heavy atom. The van der Waals surface area contributed by atoms with Gasteiger partial charge in [-0.2, -0.15) is 0 Å². The molecule has 1 heterocycles. The standard InChI is InChI=1S/C19H19Cl2N3O2/c20-15-7-4-8-16(18(15)21)22-17(25)13-23-9-11-24(12-10-23)19(26)14-5-2-1-3-6-14/h1-8H,9-13H2,(H,22,25)/p+1. The van der Waals surface area contributed by atoms with Crippen molar-refractivity contribution < 1.29 is 14.5 Å². The first-order valence-electron chi connectivity index (χ1n) is 8.46. The van der Waals surface area contributed by atoms with Crippen molar-refractivity contribution in [1.82, 2.24) is 4.90 Å². The molecule has 0 atom stereocenters. The van der Waals surface area contributed by atoms with Gasteiger partial charge in [0.15, 0.2) is 6.54 Å². The number of halogens is 2. The first kappa shape index (κ1) is 18.7. The largest absolute Gasteiger partial charge is 0.327 e. The summed E-state index contributed by atoms with van der Waals surface area (Å²) in [6.45, 7) is 3.06. The Labute approximate surface area is 162 Å². The van der Waals surface area contributed by atoms with Crippen LogP contribution in [0.1, 0.15) is 10.4 Å². The van der Waals surface area contributed by atoms with Crippen molar-refractivity contribution in [2.75, 3.05) is 38.0 Å². The number of carbonyl (C=O) groups excluding carboxylic acids is 2. The minimum Gasteiger partial charge on any atom is -0.327 e. The predicted molar refractivity (Wildman–Crippen MR) is 103 cm³/mol. The lowest BCUT2D eigenvalue weighted by Gasteiger charge is -2.32. The van der Waals surface area contributed by atoms with Crippen molar-refractivity contribution in [2.45, 2.75) is 0 Å². The van der Waals surface area contributed by atoms with Crippen LogP contribution in [0.5, 0.6) is 0 Å². The van der Waals surface area contributed by atoms with Gasteiger partial charge in [-0.3, -0.25) is 9.59 Å². The smallest absolute Gasteiger partial charge is 0.279 e. The summed E-state index contributed by atoms with van der Waals surface area (Å²) in [6, 6.07) is 14.4. The molecule has 1 saturated heterocycles. The maximum Gasteiger partial charge on any atom is 0.279 e. The number of nitrogens with zero attached hydrogens (tertiary/aromatic N) is 1. The molecule has 2 amide bonds. The maximum absolute atomic E-state index is 12.4. The Bertz CT molecular complexity index is 791. The van der Waals surface area contributed by atoms with E-state index in [0.717, 1.165) is 18.0 Å². The van der Waals surface area contributed by atoms with Crippen LogP contribution in [-0.4, -0.2) is 49.4 Å². The van der Waals surface area contributed by atoms with Gasteiger partial charge in [0.25, 0.3) is 11.8 Å². The Kier molecular flexibility index (Phi) is 6.14. The van der Waals surface area contributed by atoms with Crippen LogP contribution in [-0.2, 0) is 4.79 Å². The third-order valence-electron chi connectivity index (χ3n) is 4.41. The molecule has 0 saturated carbocycles. The molecular weight excluding hydrogens is 373 g/mol. The second-order valence-electron chi connectivity index (χ2n) is 6.23. The summed E-state index contributed by atoms with van der Waals surface area (Å²) in [7, 11) is 0. The highest BCUT2D eigenvalue weighted by molar-refractivity contribution is 6.43. The van der Waals surface area contributed by atoms with E-state index in [0.29, 0.717) is 40.9 Å². The zero-order valence-electron chi connectivity index (χ0n) is 14.2. The van der Waals surface area contributed by atoms with E-state index in [2.05, 4.69) is 5.32 Å². The lowest BCUT2D eigenvalue weighted by atomic mass is 10.2. The highest BCUT2D eigenvalue weighted by atomic mass is 35.5. The molecule has 2 aromatic carbocycles. The van der Waals surface area contributed by atoms with E-state index in [1.165, 1.54) is 0 Å². The highest BCUT2D eigenvalue weighted by Gasteiger charge is 2.26. The average molecular weight is 393 g/mol. The Morgan fingerprint density at radius 1 is 1.00 bits per heavy atom. The number of anilines is 1. The SMILES string of the molecule is O=C(C[NH+]1CCN(C(=O)c2ccccc2)CC1)Nc1cccc(Cl)c1Cl. The van der Waals surface area contributed by atoms with Crippen LogP contribution in [0.25, 0.3) is 0 Å². The van der Waals surface area contributed by atoms with Gasteiger partial charge in [0.2, 0.25) is 0 Å². The van der Waals surface area contributed by atoms with Gasteiger partial charge in [-0.1, -0.05) is 47.5 Å². The number of hydrogen-bond donors (Lipinski definition) is 2. The van der Waals surface area contributed by atoms with Gasteiger partial charge in [-0.15, -0.1) is 0 Å². The van der Waals surface area contributed by atoms with Gasteiger partial charge in [0.05, 0.1) is 41.9 Å². The van der Waals surface area contributed by atoms with Gasteiger partial charge in [-0.25, -0.2) is 0 Å². The van der Waals surface area contributed by atoms with Crippen molar-refractivity contribution >= 4 is 40.7 Å². The van der Waals surface area contributed by atoms with Crippen molar-refractivity contribution in [2.24, 2.45) is 0 Å². The van der Waals surface area contributed by atoms with Crippen LogP contribution in [0, 0.1) is 0 Å². The summed E-state index contributed by atoms with van der Waals surface area (Å²) in [5.41, 5.74) is 1.21. The number of rotatable bonds is 4. The van der Waals surface area contributed by atoms with Gasteiger partial charge < -0.3 is 15.1 Å². The second-order valence-corrected chi connectivity index (χ2v) is 7.02. The number of quaternary nitrogens is 1. The lowest BCUT2D eigenvalue weighted by molar-refractivity contribution is -0.895. The molecule has 1 aliphatic heterocycles. The van der Waals surface area contributed by atoms with Crippen molar-refractivity contribution in [3.8, 4) is 0 Å². The number of benzene rings is 2. The quantitative estimate of drug-likeness (QED) is 0.835. The predicted octanol–water partition coefficient (Wildman–Crippen LogP) is 1.97. The Hall–Kier alpha value is -2.08. The summed E-state index contributed by atoms with van der Waals surface area (Å²) < 4.78 is 0. The summed E-state index contributed by atoms with van der Waals surface area (Å²) in [4.78, 5) is 27.7. The van der Waals surface area contributed by atoms with Crippen molar-refractivity contribution in [3.05, 3.63) is 64.1 Å². The van der Waals surface area contributed by atoms with Gasteiger partial charge in [-0.05, 0) is 24.3 Å². The van der Waals surface area contributed by atoms with E-state index in [1.54, 1.807) is 18.2 Å². The number of nitrogens with one attached hydrogen (secondary N) is 2. The van der Waals surface area contributed by atoms with E-state index in [9.17, 15) is 9.59 Å². The Balaban J connectivity index is 1.50. The minimum atomic E-state index is -0.119. The van der Waals surface area contributed by atoms with E-state index < -0.39 is 0 Å². The minimum absolute atomic E-state index is 0.0415. The second kappa shape index (κ2) is 8.54. The molecule has 0 aromatic heterocycles. The van der Waals surface area contributed by atoms with Crippen LogP contribution in [0.3, 0.4) is 0 Å². The molecule has 2 N–H and O–H groups in total. The molecule has 26 heavy (non-hydrogen) atoms. The lowest BCUT2D eigenvalue weighted by Crippen LogP contribution is -3.15. The monoisotopic (exact) mass is 392 g/mol. The number of hydrogen-bond acceptors (Lipinski definition) is 2. The molecule has 1 fully saturated rings. The summed E-state index contributed by atoms with van der Waals surface area (Å²) in [5, 5.41) is 3.55. The van der Waals surface area contributed by atoms with Gasteiger partial charge in [0.1, 0.15) is 0 Å². The highest BCUT2D eigenvalue weighted by Crippen LogP contribution is 2.29. The van der Waals surface area contributed by atoms with Crippen LogP contribution in [0.4, 0.5) is 5.69 Å². The van der Waals surface area contributed by atoms with E-state index >= 15 is 0 Å². The normalized spacial score (nSPS) is 14.9. The molecular formula is C19H20Cl2N3O2+. The fourth-order valence-corrected chi connectivity index (χ4v) is 3.34. The summed E-state index contributed by atoms with van der Waals surface area (Å²) >= 11 is 12.1. The van der Waals surface area contributed by atoms with E-state index in [1.807, 2.05) is 35.2 Å². The van der Waals surface area contributed by atoms with Crippen molar-refractivity contribution in [1.29, 1.82) is 0 Å². The fraction of sp³-hybridized carbons (Fsp3) is 0.263. The number of carbonyl (C=O) groups is 2. The van der Waals surface area contributed by atoms with Crippen LogP contribution < -0.4 is 10.2 Å². The first-order chi connectivity index (χ1) is 12.5. The van der Waals surface area contributed by atoms with Gasteiger partial charge >= 0.3 is 0 Å². The maximum atomic E-state index is 12.4. The van der Waals surface area contributed by atoms with E-state index in [-0.39, 0.29) is 11.8 Å². The zero-order chi connectivity index (χ0) is 18.5. The first-order valence-corrected chi connectivity index (χ1v) is 9.22. The molecule has 0 spiro atoms. The topological polar surface area (TPSA) is 53.9 Å². The molecule has 0 radical (unpaired) electrons. The van der Waals surface area contributed by atoms with Crippen molar-refractivity contribution in [3.63, 3.8) is 0 Å². The van der Waals surface area contributed by atoms with E-state index in [4.69, 9.17) is 23.2 Å². The average Bonchev–Trinajstić information content (AvgIpc) is 2.66. The zero-order valence-corrected chi connectivity index (χ0v) is 15.7. The molecule has 5 nitrogen and oxygen atoms in total. The number of piperazine rings is 1. The third-order valence-corrected chi connectivity index (χ3v) is 5.23. The Morgan fingerprint density at radius 3 is 2.38 bits per heavy atom. The summed E-state index contributed by atoms with van der Waals surface area (Å²) in [5.74, 6) is -0.0770. The molecule has 2 aromatic rings. The fourth-order valence-electron chi connectivity index (χ4n) is 2.99. The van der Waals surface area contributed by atoms with Crippen LogP contribution >= 0.6 is 23.2 Å². The molecule has 0 aliphatic carbocycles.